The molecular formula is C15H13N5O3. The van der Waals surface area contributed by atoms with Crippen LogP contribution in [-0.2, 0) is 6.54 Å². The molecule has 1 N–H and O–H groups in total. The summed E-state index contributed by atoms with van der Waals surface area (Å²) in [5, 5.41) is 25.2. The van der Waals surface area contributed by atoms with Crippen molar-refractivity contribution in [1.29, 1.82) is 0 Å². The standard InChI is InChI=1S/C15H13N5O3/c21-19-14(16-11-12-7-3-1-4-8-12)15(20(22)23)17-18(19)13-9-5-2-6-10-13/h1-10,21H,11H2. The zero-order valence-electron chi connectivity index (χ0n) is 12.0. The van der Waals surface area contributed by atoms with Gasteiger partial charge in [0.2, 0.25) is 0 Å². The highest BCUT2D eigenvalue weighted by molar-refractivity contribution is 5.29. The van der Waals surface area contributed by atoms with E-state index in [1.54, 1.807) is 30.3 Å². The molecule has 0 unspecified atom stereocenters. The Morgan fingerprint density at radius 1 is 1.09 bits per heavy atom. The lowest BCUT2D eigenvalue weighted by Crippen LogP contribution is -2.22. The summed E-state index contributed by atoms with van der Waals surface area (Å²) < 4.78 is 0. The van der Waals surface area contributed by atoms with Crippen LogP contribution in [0, 0.1) is 10.1 Å². The first-order valence-electron chi connectivity index (χ1n) is 6.82. The highest BCUT2D eigenvalue weighted by Gasteiger charge is 2.23. The average Bonchev–Trinajstić information content (AvgIpc) is 2.92. The lowest BCUT2D eigenvalue weighted by Gasteiger charge is -1.98. The van der Waals surface area contributed by atoms with E-state index >= 15 is 0 Å². The molecule has 23 heavy (non-hydrogen) atoms. The van der Waals surface area contributed by atoms with Gasteiger partial charge in [-0.05, 0) is 27.4 Å². The molecule has 0 aliphatic heterocycles. The molecule has 0 bridgehead atoms. The molecule has 2 aromatic carbocycles. The van der Waals surface area contributed by atoms with Gasteiger partial charge in [-0.25, -0.2) is 0 Å². The van der Waals surface area contributed by atoms with Gasteiger partial charge in [-0.1, -0.05) is 53.4 Å². The summed E-state index contributed by atoms with van der Waals surface area (Å²) in [5.41, 5.74) is 1.15. The Balaban J connectivity index is 2.09. The smallest absolute Gasteiger partial charge is 0.409 e. The topological polar surface area (TPSA) is 98.5 Å². The van der Waals surface area contributed by atoms with Crippen molar-refractivity contribution in [3.63, 3.8) is 0 Å². The first-order chi connectivity index (χ1) is 11.2. The van der Waals surface area contributed by atoms with Gasteiger partial charge < -0.3 is 15.3 Å². The van der Waals surface area contributed by atoms with Crippen LogP contribution in [0.15, 0.2) is 65.7 Å². The summed E-state index contributed by atoms with van der Waals surface area (Å²) in [6.07, 6.45) is 0. The Morgan fingerprint density at radius 3 is 2.30 bits per heavy atom. The summed E-state index contributed by atoms with van der Waals surface area (Å²) in [5.74, 6) is -0.507. The minimum absolute atomic E-state index is 0.197. The monoisotopic (exact) mass is 311 g/mol. The molecule has 0 saturated carbocycles. The number of benzene rings is 2. The highest BCUT2D eigenvalue weighted by atomic mass is 16.6. The molecule has 0 spiro atoms. The molecule has 3 rings (SSSR count). The van der Waals surface area contributed by atoms with Crippen LogP contribution >= 0.6 is 0 Å². The third-order valence-corrected chi connectivity index (χ3v) is 3.17. The van der Waals surface area contributed by atoms with Gasteiger partial charge >= 0.3 is 5.82 Å². The Hall–Kier alpha value is -3.42. The van der Waals surface area contributed by atoms with Crippen LogP contribution < -0.4 is 5.49 Å². The largest absolute Gasteiger partial charge is 0.438 e. The molecule has 3 aromatic rings. The van der Waals surface area contributed by atoms with E-state index in [9.17, 15) is 15.3 Å². The molecule has 0 aliphatic rings. The van der Waals surface area contributed by atoms with Crippen LogP contribution in [-0.4, -0.2) is 24.9 Å². The Labute approximate surface area is 130 Å². The van der Waals surface area contributed by atoms with Gasteiger partial charge in [-0.2, -0.15) is 0 Å². The van der Waals surface area contributed by atoms with Gasteiger partial charge in [0.1, 0.15) is 5.69 Å². The van der Waals surface area contributed by atoms with Crippen LogP contribution in [0.2, 0.25) is 0 Å². The van der Waals surface area contributed by atoms with E-state index in [4.69, 9.17) is 0 Å². The Morgan fingerprint density at radius 2 is 1.70 bits per heavy atom. The number of hydrogen-bond donors (Lipinski definition) is 1. The second-order valence-corrected chi connectivity index (χ2v) is 4.72. The molecule has 8 heteroatoms. The van der Waals surface area contributed by atoms with E-state index in [1.807, 2.05) is 30.3 Å². The van der Waals surface area contributed by atoms with Crippen molar-refractivity contribution < 1.29 is 10.1 Å². The summed E-state index contributed by atoms with van der Waals surface area (Å²) in [7, 11) is 0. The normalized spacial score (nSPS) is 11.6. The lowest BCUT2D eigenvalue weighted by molar-refractivity contribution is -0.391. The van der Waals surface area contributed by atoms with Crippen LogP contribution in [0.25, 0.3) is 5.69 Å². The molecule has 8 nitrogen and oxygen atoms in total. The predicted molar refractivity (Wildman–Crippen MR) is 81.1 cm³/mol. The van der Waals surface area contributed by atoms with Gasteiger partial charge in [-0.3, -0.25) is 4.99 Å². The number of nitro groups is 1. The maximum absolute atomic E-state index is 11.2. The van der Waals surface area contributed by atoms with Crippen molar-refractivity contribution >= 4 is 5.82 Å². The summed E-state index contributed by atoms with van der Waals surface area (Å²) in [6.45, 7) is 0.197. The van der Waals surface area contributed by atoms with Crippen molar-refractivity contribution in [1.82, 2.24) is 14.7 Å². The minimum Gasteiger partial charge on any atom is -0.409 e. The average molecular weight is 311 g/mol. The van der Waals surface area contributed by atoms with E-state index in [0.29, 0.717) is 10.5 Å². The van der Waals surface area contributed by atoms with Gasteiger partial charge in [0, 0.05) is 0 Å². The second-order valence-electron chi connectivity index (χ2n) is 4.72. The molecule has 116 valence electrons. The van der Waals surface area contributed by atoms with E-state index in [1.165, 1.54) is 0 Å². The fourth-order valence-electron chi connectivity index (χ4n) is 2.09. The molecule has 0 saturated heterocycles. The maximum Gasteiger partial charge on any atom is 0.438 e. The molecule has 1 heterocycles. The molecule has 0 radical (unpaired) electrons. The fourth-order valence-corrected chi connectivity index (χ4v) is 2.09. The van der Waals surface area contributed by atoms with Crippen LogP contribution in [0.3, 0.4) is 0 Å². The second kappa shape index (κ2) is 6.14. The number of hydrogen-bond acceptors (Lipinski definition) is 5. The van der Waals surface area contributed by atoms with Crippen LogP contribution in [0.5, 0.6) is 0 Å². The molecule has 0 atom stereocenters. The Kier molecular flexibility index (Phi) is 3.88. The Bertz CT molecular complexity index is 884. The van der Waals surface area contributed by atoms with E-state index < -0.39 is 10.7 Å². The SMILES string of the molecule is O=[N+]([O-])c1nn(-c2ccccc2)n(O)c1=NCc1ccccc1. The summed E-state index contributed by atoms with van der Waals surface area (Å²) in [6, 6.07) is 17.9. The highest BCUT2D eigenvalue weighted by Crippen LogP contribution is 2.08. The molecule has 1 aromatic heterocycles. The molecule has 0 amide bonds. The van der Waals surface area contributed by atoms with E-state index in [0.717, 1.165) is 10.4 Å². The van der Waals surface area contributed by atoms with Crippen molar-refractivity contribution in [2.45, 2.75) is 6.54 Å². The first kappa shape index (κ1) is 14.5. The molecule has 0 fully saturated rings. The zero-order chi connectivity index (χ0) is 16.2. The number of nitrogens with zero attached hydrogens (tertiary/aromatic N) is 5. The summed E-state index contributed by atoms with van der Waals surface area (Å²) in [4.78, 5) is 16.2. The third-order valence-electron chi connectivity index (χ3n) is 3.17. The van der Waals surface area contributed by atoms with Crippen molar-refractivity contribution in [3.05, 3.63) is 81.8 Å². The molecule has 0 aliphatic carbocycles. The number of aromatic nitrogens is 3. The number of rotatable bonds is 4. The van der Waals surface area contributed by atoms with E-state index in [2.05, 4.69) is 10.1 Å². The molecular weight excluding hydrogens is 298 g/mol. The quantitative estimate of drug-likeness (QED) is 0.452. The van der Waals surface area contributed by atoms with Crippen molar-refractivity contribution in [2.75, 3.05) is 0 Å². The fraction of sp³-hybridized carbons (Fsp3) is 0.0667. The van der Waals surface area contributed by atoms with Crippen molar-refractivity contribution in [3.8, 4) is 5.69 Å². The van der Waals surface area contributed by atoms with E-state index in [-0.39, 0.29) is 12.0 Å². The minimum atomic E-state index is -0.671. The summed E-state index contributed by atoms with van der Waals surface area (Å²) >= 11 is 0. The lowest BCUT2D eigenvalue weighted by atomic mass is 10.2. The van der Waals surface area contributed by atoms with Crippen LogP contribution in [0.4, 0.5) is 5.82 Å². The van der Waals surface area contributed by atoms with Gasteiger partial charge in [0.05, 0.1) is 11.6 Å². The zero-order valence-corrected chi connectivity index (χ0v) is 12.0. The predicted octanol–water partition coefficient (Wildman–Crippen LogP) is 1.92. The van der Waals surface area contributed by atoms with Gasteiger partial charge in [-0.15, -0.1) is 0 Å². The number of para-hydroxylation sites is 1. The van der Waals surface area contributed by atoms with Gasteiger partial charge in [0.15, 0.2) is 0 Å². The maximum atomic E-state index is 11.2. The van der Waals surface area contributed by atoms with Gasteiger partial charge in [0.25, 0.3) is 5.49 Å². The van der Waals surface area contributed by atoms with Crippen LogP contribution in [0.1, 0.15) is 5.56 Å². The van der Waals surface area contributed by atoms with Crippen molar-refractivity contribution in [2.24, 2.45) is 4.99 Å². The third kappa shape index (κ3) is 2.95. The first-order valence-corrected chi connectivity index (χ1v) is 6.82.